The Kier molecular flexibility index (Phi) is 6.02. The van der Waals surface area contributed by atoms with Crippen molar-refractivity contribution in [2.75, 3.05) is 18.4 Å². The number of pyridine rings is 1. The summed E-state index contributed by atoms with van der Waals surface area (Å²) in [5.74, 6) is 1.40. The molecule has 0 saturated heterocycles. The zero-order chi connectivity index (χ0) is 20.9. The van der Waals surface area contributed by atoms with Gasteiger partial charge in [-0.25, -0.2) is 9.78 Å². The van der Waals surface area contributed by atoms with Crippen molar-refractivity contribution in [2.45, 2.75) is 33.3 Å². The minimum atomic E-state index is -0.492. The van der Waals surface area contributed by atoms with E-state index in [1.54, 1.807) is 6.20 Å². The highest BCUT2D eigenvalue weighted by Gasteiger charge is 2.17. The number of carbonyl (C=O) groups excluding carboxylic acids is 1. The molecule has 155 valence electrons. The third-order valence-electron chi connectivity index (χ3n) is 5.09. The number of H-pyrrole nitrogens is 1. The van der Waals surface area contributed by atoms with Crippen LogP contribution in [0.3, 0.4) is 0 Å². The van der Waals surface area contributed by atoms with Crippen LogP contribution in [0.25, 0.3) is 16.6 Å². The van der Waals surface area contributed by atoms with E-state index in [1.807, 2.05) is 42.6 Å². The lowest BCUT2D eigenvalue weighted by molar-refractivity contribution is 0.155. The van der Waals surface area contributed by atoms with Crippen LogP contribution in [-0.4, -0.2) is 34.1 Å². The van der Waals surface area contributed by atoms with Crippen LogP contribution in [0, 0.1) is 5.92 Å². The molecule has 0 saturated carbocycles. The molecule has 1 aliphatic heterocycles. The molecule has 2 N–H and O–H groups in total. The second kappa shape index (κ2) is 9.03. The molecule has 3 heterocycles. The zero-order valence-electron chi connectivity index (χ0n) is 17.4. The third-order valence-corrected chi connectivity index (χ3v) is 5.09. The number of allylic oxidation sites excluding steroid dienone is 1. The molecule has 0 fully saturated rings. The summed E-state index contributed by atoms with van der Waals surface area (Å²) in [6.45, 7) is 6.60. The van der Waals surface area contributed by atoms with Crippen molar-refractivity contribution in [1.29, 1.82) is 0 Å². The average Bonchev–Trinajstić information content (AvgIpc) is 3.16. The van der Waals surface area contributed by atoms with Gasteiger partial charge in [-0.1, -0.05) is 44.2 Å². The zero-order valence-corrected chi connectivity index (χ0v) is 17.4. The Bertz CT molecular complexity index is 1040. The van der Waals surface area contributed by atoms with Crippen molar-refractivity contribution < 1.29 is 9.53 Å². The van der Waals surface area contributed by atoms with Gasteiger partial charge in [0.1, 0.15) is 12.3 Å². The quantitative estimate of drug-likeness (QED) is 0.581. The van der Waals surface area contributed by atoms with Crippen LogP contribution in [0.5, 0.6) is 0 Å². The normalized spacial score (nSPS) is 14.1. The van der Waals surface area contributed by atoms with E-state index in [2.05, 4.69) is 40.2 Å². The first-order valence-electron chi connectivity index (χ1n) is 10.3. The number of carbonyl (C=O) groups is 1. The van der Waals surface area contributed by atoms with Crippen molar-refractivity contribution in [2.24, 2.45) is 0 Å². The molecule has 3 aromatic rings. The standard InChI is InChI=1S/C24H27N4O2/c1-17(2)14-28-10-6-9-19(15-28)22-13-26-23-21(22)11-20(12-25-23)27-24(29)30-16-18-7-4-3-5-8-18/h3-5,7-8,11-13,15H,6,9-10,14,16H2,1-2H3,(H,25,26)(H,27,29). The molecule has 1 radical (unpaired) electrons. The lowest BCUT2D eigenvalue weighted by Gasteiger charge is -2.28. The van der Waals surface area contributed by atoms with Crippen LogP contribution in [0.1, 0.15) is 37.8 Å². The molecule has 6 nitrogen and oxygen atoms in total. The van der Waals surface area contributed by atoms with E-state index in [-0.39, 0.29) is 6.61 Å². The number of nitrogens with one attached hydrogen (secondary N) is 2. The van der Waals surface area contributed by atoms with Gasteiger partial charge in [0.15, 0.2) is 0 Å². The van der Waals surface area contributed by atoms with Crippen molar-refractivity contribution >= 4 is 28.4 Å². The summed E-state index contributed by atoms with van der Waals surface area (Å²) < 4.78 is 5.32. The van der Waals surface area contributed by atoms with E-state index in [9.17, 15) is 4.79 Å². The Morgan fingerprint density at radius 2 is 2.10 bits per heavy atom. The minimum Gasteiger partial charge on any atom is -0.444 e. The second-order valence-corrected chi connectivity index (χ2v) is 7.94. The third kappa shape index (κ3) is 4.82. The number of amides is 1. The number of benzene rings is 1. The van der Waals surface area contributed by atoms with Crippen LogP contribution < -0.4 is 5.32 Å². The highest BCUT2D eigenvalue weighted by Crippen LogP contribution is 2.31. The van der Waals surface area contributed by atoms with E-state index in [1.165, 1.54) is 11.5 Å². The van der Waals surface area contributed by atoms with Crippen LogP contribution in [0.15, 0.2) is 55.0 Å². The molecule has 30 heavy (non-hydrogen) atoms. The largest absolute Gasteiger partial charge is 0.444 e. The molecule has 1 aromatic carbocycles. The predicted octanol–water partition coefficient (Wildman–Crippen LogP) is 5.36. The molecule has 0 atom stereocenters. The number of nitrogens with zero attached hydrogens (tertiary/aromatic N) is 2. The average molecular weight is 404 g/mol. The number of anilines is 1. The van der Waals surface area contributed by atoms with Crippen molar-refractivity contribution in [3.05, 3.63) is 72.0 Å². The molecular formula is C24H27N4O2. The molecule has 0 aliphatic carbocycles. The van der Waals surface area contributed by atoms with Gasteiger partial charge >= 0.3 is 6.09 Å². The molecule has 1 aliphatic rings. The number of rotatable bonds is 6. The molecule has 4 rings (SSSR count). The summed E-state index contributed by atoms with van der Waals surface area (Å²) in [5, 5.41) is 3.79. The van der Waals surface area contributed by atoms with Crippen molar-refractivity contribution in [3.8, 4) is 0 Å². The van der Waals surface area contributed by atoms with Crippen LogP contribution in [0.4, 0.5) is 10.5 Å². The molecule has 0 spiro atoms. The lowest BCUT2D eigenvalue weighted by Crippen LogP contribution is -2.25. The molecule has 2 aromatic heterocycles. The molecule has 0 unspecified atom stereocenters. The number of ether oxygens (including phenoxy) is 1. The summed E-state index contributed by atoms with van der Waals surface area (Å²) in [5.41, 5.74) is 4.80. The van der Waals surface area contributed by atoms with E-state index in [4.69, 9.17) is 4.74 Å². The summed E-state index contributed by atoms with van der Waals surface area (Å²) in [6.07, 6.45) is 7.57. The second-order valence-electron chi connectivity index (χ2n) is 7.94. The van der Waals surface area contributed by atoms with E-state index in [0.29, 0.717) is 5.69 Å². The van der Waals surface area contributed by atoms with Gasteiger partial charge in [0.2, 0.25) is 0 Å². The van der Waals surface area contributed by atoms with Crippen LogP contribution >= 0.6 is 0 Å². The molecular weight excluding hydrogens is 376 g/mol. The van der Waals surface area contributed by atoms with Gasteiger partial charge in [-0.15, -0.1) is 0 Å². The topological polar surface area (TPSA) is 70.2 Å². The molecule has 6 heteroatoms. The maximum absolute atomic E-state index is 12.2. The van der Waals surface area contributed by atoms with E-state index in [0.717, 1.165) is 48.1 Å². The number of hydrogen-bond donors (Lipinski definition) is 2. The summed E-state index contributed by atoms with van der Waals surface area (Å²) in [7, 11) is 0. The number of hydrogen-bond acceptors (Lipinski definition) is 4. The molecule has 0 bridgehead atoms. The van der Waals surface area contributed by atoms with Crippen LogP contribution in [0.2, 0.25) is 0 Å². The van der Waals surface area contributed by atoms with Gasteiger partial charge in [0, 0.05) is 36.4 Å². The first kappa shape index (κ1) is 20.0. The Labute approximate surface area is 177 Å². The summed E-state index contributed by atoms with van der Waals surface area (Å²) in [4.78, 5) is 22.3. The highest BCUT2D eigenvalue weighted by atomic mass is 16.5. The monoisotopic (exact) mass is 403 g/mol. The lowest BCUT2D eigenvalue weighted by atomic mass is 9.98. The van der Waals surface area contributed by atoms with Gasteiger partial charge in [0.05, 0.1) is 11.9 Å². The SMILES string of the molecule is C[C](C)CN1C=C(c2c[nH]c3ncc(NC(=O)OCc4ccccc4)cc23)CCC1. The summed E-state index contributed by atoms with van der Waals surface area (Å²) >= 11 is 0. The van der Waals surface area contributed by atoms with Crippen molar-refractivity contribution in [3.63, 3.8) is 0 Å². The maximum Gasteiger partial charge on any atom is 0.412 e. The Morgan fingerprint density at radius 1 is 1.27 bits per heavy atom. The van der Waals surface area contributed by atoms with Gasteiger partial charge in [-0.3, -0.25) is 5.32 Å². The van der Waals surface area contributed by atoms with Gasteiger partial charge in [-0.2, -0.15) is 0 Å². The van der Waals surface area contributed by atoms with Gasteiger partial charge in [0.25, 0.3) is 0 Å². The minimum absolute atomic E-state index is 0.230. The Hall–Kier alpha value is -3.28. The van der Waals surface area contributed by atoms with Crippen molar-refractivity contribution in [1.82, 2.24) is 14.9 Å². The van der Waals surface area contributed by atoms with Crippen LogP contribution in [-0.2, 0) is 11.3 Å². The van der Waals surface area contributed by atoms with E-state index >= 15 is 0 Å². The fourth-order valence-corrected chi connectivity index (χ4v) is 3.77. The fraction of sp³-hybridized carbons (Fsp3) is 0.292. The number of aromatic nitrogens is 2. The first-order valence-corrected chi connectivity index (χ1v) is 10.3. The Morgan fingerprint density at radius 3 is 2.90 bits per heavy atom. The highest BCUT2D eigenvalue weighted by molar-refractivity contribution is 5.94. The van der Waals surface area contributed by atoms with E-state index < -0.39 is 6.09 Å². The summed E-state index contributed by atoms with van der Waals surface area (Å²) in [6, 6.07) is 11.6. The first-order chi connectivity index (χ1) is 14.6. The smallest absolute Gasteiger partial charge is 0.412 e. The number of aromatic amines is 1. The number of fused-ring (bicyclic) bond motifs is 1. The molecule has 1 amide bonds. The Balaban J connectivity index is 1.48. The fourth-order valence-electron chi connectivity index (χ4n) is 3.77. The van der Waals surface area contributed by atoms with Gasteiger partial charge < -0.3 is 14.6 Å². The maximum atomic E-state index is 12.2. The predicted molar refractivity (Wildman–Crippen MR) is 120 cm³/mol. The van der Waals surface area contributed by atoms with Gasteiger partial charge in [-0.05, 0) is 36.0 Å².